The average Bonchev–Trinajstić information content (AvgIpc) is 1.85. The van der Waals surface area contributed by atoms with Crippen LogP contribution in [0.15, 0.2) is 0 Å². The first kappa shape index (κ1) is 8.97. The highest BCUT2D eigenvalue weighted by Gasteiger charge is 2.19. The van der Waals surface area contributed by atoms with E-state index >= 15 is 0 Å². The van der Waals surface area contributed by atoms with Gasteiger partial charge in [0.2, 0.25) is 0 Å². The van der Waals surface area contributed by atoms with Crippen LogP contribution >= 0.6 is 0 Å². The van der Waals surface area contributed by atoms with E-state index in [4.69, 9.17) is 0 Å². The van der Waals surface area contributed by atoms with Gasteiger partial charge < -0.3 is 15.7 Å². The topological polar surface area (TPSA) is 44.3 Å². The van der Waals surface area contributed by atoms with Gasteiger partial charge in [0.15, 0.2) is 0 Å². The van der Waals surface area contributed by atoms with Gasteiger partial charge in [-0.15, -0.1) is 0 Å². The quantitative estimate of drug-likeness (QED) is 0.517. The Bertz CT molecular complexity index is 115. The Morgan fingerprint density at radius 2 is 2.18 bits per heavy atom. The third kappa shape index (κ3) is 3.18. The van der Waals surface area contributed by atoms with Gasteiger partial charge in [-0.3, -0.25) is 0 Å². The van der Waals surface area contributed by atoms with E-state index in [-0.39, 0.29) is 6.10 Å². The van der Waals surface area contributed by atoms with E-state index in [0.717, 1.165) is 19.5 Å². The molecule has 0 aliphatic carbocycles. The minimum Gasteiger partial charge on any atom is -0.392 e. The first-order chi connectivity index (χ1) is 5.18. The molecule has 3 heteroatoms. The first-order valence-electron chi connectivity index (χ1n) is 4.33. The Labute approximate surface area is 68.2 Å². The largest absolute Gasteiger partial charge is 0.392 e. The van der Waals surface area contributed by atoms with Crippen LogP contribution in [0, 0.1) is 0 Å². The van der Waals surface area contributed by atoms with E-state index in [1.54, 1.807) is 0 Å². The van der Waals surface area contributed by atoms with E-state index in [0.29, 0.717) is 12.1 Å². The van der Waals surface area contributed by atoms with E-state index in [9.17, 15) is 5.11 Å². The predicted octanol–water partition coefficient (Wildman–Crippen LogP) is -0.293. The van der Waals surface area contributed by atoms with Crippen molar-refractivity contribution in [2.24, 2.45) is 0 Å². The minimum absolute atomic E-state index is 0.167. The van der Waals surface area contributed by atoms with Crippen molar-refractivity contribution < 1.29 is 5.11 Å². The van der Waals surface area contributed by atoms with Crippen LogP contribution in [0.1, 0.15) is 20.3 Å². The zero-order valence-corrected chi connectivity index (χ0v) is 7.30. The van der Waals surface area contributed by atoms with Crippen molar-refractivity contribution >= 4 is 0 Å². The van der Waals surface area contributed by atoms with Crippen LogP contribution in [0.3, 0.4) is 0 Å². The standard InChI is InChI=1S/C8H18N2O/c1-6(2)10-7-3-8(11)5-9-4-7/h6-11H,3-5H2,1-2H3/t7-,8+/m1/s1. The molecular weight excluding hydrogens is 140 g/mol. The number of β-amino-alcohol motifs (C(OH)–C–C–N with tert-alkyl or cyclic N) is 1. The fourth-order valence-electron chi connectivity index (χ4n) is 1.52. The lowest BCUT2D eigenvalue weighted by molar-refractivity contribution is 0.122. The molecular formula is C8H18N2O. The third-order valence-electron chi connectivity index (χ3n) is 1.90. The van der Waals surface area contributed by atoms with Crippen molar-refractivity contribution in [1.82, 2.24) is 10.6 Å². The van der Waals surface area contributed by atoms with Gasteiger partial charge in [0, 0.05) is 25.2 Å². The Morgan fingerprint density at radius 3 is 2.73 bits per heavy atom. The summed E-state index contributed by atoms with van der Waals surface area (Å²) in [6, 6.07) is 0.950. The van der Waals surface area contributed by atoms with Crippen LogP contribution in [0.25, 0.3) is 0 Å². The summed E-state index contributed by atoms with van der Waals surface area (Å²) >= 11 is 0. The van der Waals surface area contributed by atoms with Gasteiger partial charge in [-0.1, -0.05) is 13.8 Å². The van der Waals surface area contributed by atoms with Crippen molar-refractivity contribution in [3.63, 3.8) is 0 Å². The number of aliphatic hydroxyl groups excluding tert-OH is 1. The molecule has 1 fully saturated rings. The second-order valence-corrected chi connectivity index (χ2v) is 3.57. The number of hydrogen-bond donors (Lipinski definition) is 3. The SMILES string of the molecule is CC(C)N[C@H]1CNC[C@@H](O)C1. The summed E-state index contributed by atoms with van der Waals surface area (Å²) in [4.78, 5) is 0. The van der Waals surface area contributed by atoms with Gasteiger partial charge in [0.05, 0.1) is 6.10 Å². The van der Waals surface area contributed by atoms with Crippen LogP contribution < -0.4 is 10.6 Å². The molecule has 3 N–H and O–H groups in total. The molecule has 1 saturated heterocycles. The van der Waals surface area contributed by atoms with Crippen molar-refractivity contribution in [2.75, 3.05) is 13.1 Å². The molecule has 1 heterocycles. The molecule has 0 spiro atoms. The molecule has 0 amide bonds. The molecule has 1 rings (SSSR count). The minimum atomic E-state index is -0.167. The van der Waals surface area contributed by atoms with Crippen molar-refractivity contribution in [1.29, 1.82) is 0 Å². The molecule has 0 radical (unpaired) electrons. The van der Waals surface area contributed by atoms with E-state index in [1.165, 1.54) is 0 Å². The maximum absolute atomic E-state index is 9.29. The molecule has 1 aliphatic heterocycles. The Balaban J connectivity index is 2.23. The number of rotatable bonds is 2. The van der Waals surface area contributed by atoms with E-state index < -0.39 is 0 Å². The van der Waals surface area contributed by atoms with Gasteiger partial charge >= 0.3 is 0 Å². The summed E-state index contributed by atoms with van der Waals surface area (Å²) in [6.07, 6.45) is 0.713. The number of piperidine rings is 1. The molecule has 66 valence electrons. The van der Waals surface area contributed by atoms with Crippen LogP contribution in [0.5, 0.6) is 0 Å². The fraction of sp³-hybridized carbons (Fsp3) is 1.00. The van der Waals surface area contributed by atoms with Crippen LogP contribution in [-0.4, -0.2) is 36.4 Å². The molecule has 3 nitrogen and oxygen atoms in total. The Kier molecular flexibility index (Phi) is 3.30. The summed E-state index contributed by atoms with van der Waals surface area (Å²) in [5.74, 6) is 0. The summed E-state index contributed by atoms with van der Waals surface area (Å²) in [5.41, 5.74) is 0. The maximum Gasteiger partial charge on any atom is 0.0679 e. The molecule has 0 aromatic heterocycles. The monoisotopic (exact) mass is 158 g/mol. The van der Waals surface area contributed by atoms with E-state index in [1.807, 2.05) is 0 Å². The fourth-order valence-corrected chi connectivity index (χ4v) is 1.52. The van der Waals surface area contributed by atoms with E-state index in [2.05, 4.69) is 24.5 Å². The number of aliphatic hydroxyl groups is 1. The van der Waals surface area contributed by atoms with Crippen molar-refractivity contribution in [3.8, 4) is 0 Å². The van der Waals surface area contributed by atoms with Gasteiger partial charge in [0.1, 0.15) is 0 Å². The Morgan fingerprint density at radius 1 is 1.45 bits per heavy atom. The number of hydrogen-bond acceptors (Lipinski definition) is 3. The summed E-state index contributed by atoms with van der Waals surface area (Å²) in [7, 11) is 0. The summed E-state index contributed by atoms with van der Waals surface area (Å²) in [5, 5.41) is 15.9. The lowest BCUT2D eigenvalue weighted by Crippen LogP contribution is -2.50. The van der Waals surface area contributed by atoms with Crippen molar-refractivity contribution in [3.05, 3.63) is 0 Å². The average molecular weight is 158 g/mol. The normalized spacial score (nSPS) is 32.7. The van der Waals surface area contributed by atoms with Gasteiger partial charge in [0.25, 0.3) is 0 Å². The van der Waals surface area contributed by atoms with Gasteiger partial charge in [-0.25, -0.2) is 0 Å². The molecule has 0 saturated carbocycles. The second kappa shape index (κ2) is 4.04. The molecule has 1 aliphatic rings. The van der Waals surface area contributed by atoms with Crippen LogP contribution in [0.4, 0.5) is 0 Å². The zero-order chi connectivity index (χ0) is 8.27. The third-order valence-corrected chi connectivity index (χ3v) is 1.90. The summed E-state index contributed by atoms with van der Waals surface area (Å²) in [6.45, 7) is 5.98. The highest BCUT2D eigenvalue weighted by Crippen LogP contribution is 2.03. The second-order valence-electron chi connectivity index (χ2n) is 3.57. The van der Waals surface area contributed by atoms with Gasteiger partial charge in [-0.05, 0) is 6.42 Å². The first-order valence-corrected chi connectivity index (χ1v) is 4.33. The molecule has 0 aromatic rings. The highest BCUT2D eigenvalue weighted by atomic mass is 16.3. The van der Waals surface area contributed by atoms with Gasteiger partial charge in [-0.2, -0.15) is 0 Å². The lowest BCUT2D eigenvalue weighted by atomic mass is 10.0. The molecule has 0 aromatic carbocycles. The maximum atomic E-state index is 9.29. The summed E-state index contributed by atoms with van der Waals surface area (Å²) < 4.78 is 0. The van der Waals surface area contributed by atoms with Crippen LogP contribution in [-0.2, 0) is 0 Å². The zero-order valence-electron chi connectivity index (χ0n) is 7.30. The van der Waals surface area contributed by atoms with Crippen LogP contribution in [0.2, 0.25) is 0 Å². The smallest absolute Gasteiger partial charge is 0.0679 e. The predicted molar refractivity (Wildman–Crippen MR) is 45.6 cm³/mol. The molecule has 0 bridgehead atoms. The molecule has 2 atom stereocenters. The van der Waals surface area contributed by atoms with Crippen molar-refractivity contribution in [2.45, 2.75) is 38.5 Å². The Hall–Kier alpha value is -0.120. The molecule has 0 unspecified atom stereocenters. The highest BCUT2D eigenvalue weighted by molar-refractivity contribution is 4.81. The lowest BCUT2D eigenvalue weighted by Gasteiger charge is -2.29. The molecule has 11 heavy (non-hydrogen) atoms. The number of nitrogens with one attached hydrogen (secondary N) is 2.